The van der Waals surface area contributed by atoms with Crippen LogP contribution in [0.2, 0.25) is 0 Å². The van der Waals surface area contributed by atoms with Crippen LogP contribution in [0, 0.1) is 5.92 Å². The Hall–Kier alpha value is -0.550. The quantitative estimate of drug-likeness (QED) is 0.729. The molecular formula is C16H21Br2NO2. The number of rotatable bonds is 4. The van der Waals surface area contributed by atoms with Crippen LogP contribution >= 0.6 is 31.9 Å². The number of amides is 1. The molecule has 2 rings (SSSR count). The molecule has 0 spiro atoms. The van der Waals surface area contributed by atoms with Crippen molar-refractivity contribution in [2.75, 3.05) is 12.4 Å². The number of hydrogen-bond donors (Lipinski definition) is 1. The van der Waals surface area contributed by atoms with Gasteiger partial charge in [-0.15, -0.1) is 0 Å². The molecule has 1 aliphatic carbocycles. The highest BCUT2D eigenvalue weighted by Crippen LogP contribution is 2.34. The van der Waals surface area contributed by atoms with Gasteiger partial charge in [0.05, 0.1) is 18.2 Å². The summed E-state index contributed by atoms with van der Waals surface area (Å²) in [7, 11) is 1.60. The van der Waals surface area contributed by atoms with Crippen LogP contribution in [-0.2, 0) is 0 Å². The van der Waals surface area contributed by atoms with E-state index in [1.807, 2.05) is 12.1 Å². The Morgan fingerprint density at radius 3 is 2.90 bits per heavy atom. The molecule has 0 radical (unpaired) electrons. The maximum absolute atomic E-state index is 12.7. The van der Waals surface area contributed by atoms with Crippen molar-refractivity contribution in [1.29, 1.82) is 0 Å². The molecule has 0 bridgehead atoms. The molecule has 1 fully saturated rings. The summed E-state index contributed by atoms with van der Waals surface area (Å²) in [4.78, 5) is 12.7. The molecule has 1 aliphatic rings. The topological polar surface area (TPSA) is 38.3 Å². The minimum absolute atomic E-state index is 0.0469. The number of hydrogen-bond acceptors (Lipinski definition) is 2. The fourth-order valence-corrected chi connectivity index (χ4v) is 4.12. The maximum atomic E-state index is 12.7. The van der Waals surface area contributed by atoms with Crippen molar-refractivity contribution in [3.63, 3.8) is 0 Å². The summed E-state index contributed by atoms with van der Waals surface area (Å²) in [5.41, 5.74) is 0.477. The minimum Gasteiger partial charge on any atom is -0.497 e. The number of ether oxygens (including phenoxy) is 1. The van der Waals surface area contributed by atoms with E-state index in [1.54, 1.807) is 13.2 Å². The van der Waals surface area contributed by atoms with Crippen molar-refractivity contribution in [2.45, 2.75) is 38.1 Å². The molecule has 0 heterocycles. The van der Waals surface area contributed by atoms with Crippen LogP contribution < -0.4 is 10.1 Å². The molecule has 2 unspecified atom stereocenters. The molecule has 0 aliphatic heterocycles. The molecule has 0 aromatic heterocycles. The number of carbonyl (C=O) groups is 1. The Balaban J connectivity index is 2.20. The second-order valence-corrected chi connectivity index (χ2v) is 7.33. The number of halogens is 2. The van der Waals surface area contributed by atoms with Crippen LogP contribution in [0.5, 0.6) is 5.75 Å². The van der Waals surface area contributed by atoms with Gasteiger partial charge in [0.2, 0.25) is 0 Å². The second kappa shape index (κ2) is 7.14. The summed E-state index contributed by atoms with van der Waals surface area (Å²) in [6.45, 7) is 2.25. The first-order chi connectivity index (χ1) is 9.99. The highest BCUT2D eigenvalue weighted by Gasteiger charge is 2.35. The zero-order valence-electron chi connectivity index (χ0n) is 12.4. The lowest BCUT2D eigenvalue weighted by atomic mass is 9.77. The van der Waals surface area contributed by atoms with Gasteiger partial charge in [0.25, 0.3) is 5.91 Å². The van der Waals surface area contributed by atoms with Crippen LogP contribution in [0.25, 0.3) is 0 Å². The molecule has 116 valence electrons. The zero-order chi connectivity index (χ0) is 15.5. The van der Waals surface area contributed by atoms with E-state index >= 15 is 0 Å². The number of nitrogens with one attached hydrogen (secondary N) is 1. The third-order valence-electron chi connectivity index (χ3n) is 4.14. The van der Waals surface area contributed by atoms with Crippen molar-refractivity contribution in [2.24, 2.45) is 5.92 Å². The van der Waals surface area contributed by atoms with E-state index < -0.39 is 0 Å². The number of benzene rings is 1. The summed E-state index contributed by atoms with van der Waals surface area (Å²) in [5.74, 6) is 1.29. The molecule has 1 amide bonds. The van der Waals surface area contributed by atoms with Gasteiger partial charge in [-0.05, 0) is 52.9 Å². The van der Waals surface area contributed by atoms with Gasteiger partial charge in [0.1, 0.15) is 5.75 Å². The third kappa shape index (κ3) is 4.01. The number of alkyl halides is 1. The Bertz CT molecular complexity index is 521. The van der Waals surface area contributed by atoms with Crippen LogP contribution in [0.4, 0.5) is 0 Å². The van der Waals surface area contributed by atoms with Crippen LogP contribution in [0.15, 0.2) is 22.7 Å². The average Bonchev–Trinajstić information content (AvgIpc) is 2.47. The molecule has 1 N–H and O–H groups in total. The summed E-state index contributed by atoms with van der Waals surface area (Å²) in [6.07, 6.45) is 4.45. The first kappa shape index (κ1) is 16.8. The molecule has 1 aromatic rings. The average molecular weight is 419 g/mol. The van der Waals surface area contributed by atoms with Crippen LogP contribution in [-0.4, -0.2) is 23.9 Å². The van der Waals surface area contributed by atoms with Crippen LogP contribution in [0.1, 0.15) is 43.0 Å². The van der Waals surface area contributed by atoms with Crippen molar-refractivity contribution in [3.8, 4) is 5.75 Å². The fraction of sp³-hybridized carbons (Fsp3) is 0.562. The van der Waals surface area contributed by atoms with Gasteiger partial charge in [0, 0.05) is 9.80 Å². The highest BCUT2D eigenvalue weighted by molar-refractivity contribution is 9.10. The Kier molecular flexibility index (Phi) is 5.72. The maximum Gasteiger partial charge on any atom is 0.253 e. The van der Waals surface area contributed by atoms with Crippen molar-refractivity contribution in [1.82, 2.24) is 5.32 Å². The molecule has 3 nitrogen and oxygen atoms in total. The fourth-order valence-electron chi connectivity index (χ4n) is 3.04. The first-order valence-corrected chi connectivity index (χ1v) is 9.13. The van der Waals surface area contributed by atoms with Crippen molar-refractivity contribution in [3.05, 3.63) is 28.2 Å². The van der Waals surface area contributed by atoms with E-state index in [1.165, 1.54) is 6.42 Å². The Morgan fingerprint density at radius 2 is 2.29 bits per heavy atom. The van der Waals surface area contributed by atoms with Gasteiger partial charge in [-0.2, -0.15) is 0 Å². The summed E-state index contributed by atoms with van der Waals surface area (Å²) < 4.78 is 5.99. The summed E-state index contributed by atoms with van der Waals surface area (Å²) in [5, 5.41) is 4.04. The van der Waals surface area contributed by atoms with Gasteiger partial charge >= 0.3 is 0 Å². The minimum atomic E-state index is -0.142. The lowest BCUT2D eigenvalue weighted by Gasteiger charge is -2.39. The normalized spacial score (nSPS) is 25.4. The third-order valence-corrected chi connectivity index (χ3v) is 5.91. The zero-order valence-corrected chi connectivity index (χ0v) is 15.6. The smallest absolute Gasteiger partial charge is 0.253 e. The largest absolute Gasteiger partial charge is 0.497 e. The molecule has 5 heteroatoms. The van der Waals surface area contributed by atoms with Gasteiger partial charge in [-0.3, -0.25) is 4.79 Å². The predicted molar refractivity (Wildman–Crippen MR) is 92.3 cm³/mol. The number of methoxy groups -OCH3 is 1. The van der Waals surface area contributed by atoms with Crippen LogP contribution in [0.3, 0.4) is 0 Å². The Morgan fingerprint density at radius 1 is 1.52 bits per heavy atom. The molecule has 1 saturated carbocycles. The number of carbonyl (C=O) groups excluding carboxylic acids is 1. The van der Waals surface area contributed by atoms with E-state index in [4.69, 9.17) is 4.74 Å². The Labute approximate surface area is 143 Å². The van der Waals surface area contributed by atoms with Crippen molar-refractivity contribution < 1.29 is 9.53 Å². The van der Waals surface area contributed by atoms with Gasteiger partial charge in [-0.25, -0.2) is 0 Å². The SMILES string of the molecule is COc1ccc(Br)c(C(=O)NC2(CBr)CCCC(C)C2)c1. The molecule has 2 atom stereocenters. The molecule has 21 heavy (non-hydrogen) atoms. The lowest BCUT2D eigenvalue weighted by molar-refractivity contribution is 0.0868. The molecular weight excluding hydrogens is 398 g/mol. The van der Waals surface area contributed by atoms with E-state index in [0.29, 0.717) is 17.2 Å². The second-order valence-electron chi connectivity index (χ2n) is 5.92. The summed E-state index contributed by atoms with van der Waals surface area (Å²) in [6, 6.07) is 5.45. The van der Waals surface area contributed by atoms with E-state index in [9.17, 15) is 4.79 Å². The highest BCUT2D eigenvalue weighted by atomic mass is 79.9. The van der Waals surface area contributed by atoms with Gasteiger partial charge in [-0.1, -0.05) is 35.7 Å². The predicted octanol–water partition coefficient (Wildman–Crippen LogP) is 4.53. The van der Waals surface area contributed by atoms with Gasteiger partial charge in [0.15, 0.2) is 0 Å². The van der Waals surface area contributed by atoms with E-state index in [0.717, 1.165) is 29.1 Å². The molecule has 0 saturated heterocycles. The van der Waals surface area contributed by atoms with Crippen molar-refractivity contribution >= 4 is 37.8 Å². The monoisotopic (exact) mass is 417 g/mol. The molecule has 1 aromatic carbocycles. The summed E-state index contributed by atoms with van der Waals surface area (Å²) >= 11 is 7.04. The van der Waals surface area contributed by atoms with E-state index in [-0.39, 0.29) is 11.4 Å². The first-order valence-electron chi connectivity index (χ1n) is 7.22. The standard InChI is InChI=1S/C16H21Br2NO2/c1-11-4-3-7-16(9-11,10-17)19-15(20)13-8-12(21-2)5-6-14(13)18/h5-6,8,11H,3-4,7,9-10H2,1-2H3,(H,19,20). The lowest BCUT2D eigenvalue weighted by Crippen LogP contribution is -2.52. The van der Waals surface area contributed by atoms with Gasteiger partial charge < -0.3 is 10.1 Å². The van der Waals surface area contributed by atoms with E-state index in [2.05, 4.69) is 44.1 Å².